The number of urea groups is 1. The number of nitrogens with one attached hydrogen (secondary N) is 1. The van der Waals surface area contributed by atoms with E-state index in [0.717, 1.165) is 0 Å². The SMILES string of the molecule is CCOC(=O)C1=C(CN2CCN(S(=O)(=O)c3ccccc3)CC2)N(C)C(=O)N[C@@H]1c1cccc(F)c1. The van der Waals surface area contributed by atoms with Crippen molar-refractivity contribution in [1.82, 2.24) is 19.4 Å². The van der Waals surface area contributed by atoms with Gasteiger partial charge in [0.1, 0.15) is 5.82 Å². The molecule has 2 aliphatic rings. The highest BCUT2D eigenvalue weighted by Gasteiger charge is 2.38. The summed E-state index contributed by atoms with van der Waals surface area (Å²) in [6.45, 7) is 3.40. The van der Waals surface area contributed by atoms with E-state index in [9.17, 15) is 22.4 Å². The number of ether oxygens (including phenoxy) is 1. The maximum absolute atomic E-state index is 14.0. The van der Waals surface area contributed by atoms with Crippen LogP contribution in [-0.2, 0) is 19.6 Å². The topological polar surface area (TPSA) is 99.3 Å². The van der Waals surface area contributed by atoms with Gasteiger partial charge < -0.3 is 10.1 Å². The molecule has 36 heavy (non-hydrogen) atoms. The summed E-state index contributed by atoms with van der Waals surface area (Å²) in [5, 5.41) is 2.77. The number of carbonyl (C=O) groups is 2. The predicted molar refractivity (Wildman–Crippen MR) is 131 cm³/mol. The van der Waals surface area contributed by atoms with Crippen molar-refractivity contribution in [1.29, 1.82) is 0 Å². The van der Waals surface area contributed by atoms with Crippen LogP contribution >= 0.6 is 0 Å². The Morgan fingerprint density at radius 2 is 1.78 bits per heavy atom. The lowest BCUT2D eigenvalue weighted by atomic mass is 9.94. The van der Waals surface area contributed by atoms with E-state index in [1.165, 1.54) is 27.4 Å². The first-order valence-corrected chi connectivity index (χ1v) is 13.1. The fourth-order valence-electron chi connectivity index (χ4n) is 4.42. The van der Waals surface area contributed by atoms with E-state index >= 15 is 0 Å². The van der Waals surface area contributed by atoms with Crippen molar-refractivity contribution in [3.63, 3.8) is 0 Å². The highest BCUT2D eigenvalue weighted by atomic mass is 32.2. The largest absolute Gasteiger partial charge is 0.463 e. The van der Waals surface area contributed by atoms with Crippen molar-refractivity contribution in [2.75, 3.05) is 46.4 Å². The number of esters is 1. The summed E-state index contributed by atoms with van der Waals surface area (Å²) >= 11 is 0. The first-order chi connectivity index (χ1) is 17.2. The second kappa shape index (κ2) is 10.8. The Morgan fingerprint density at radius 3 is 2.42 bits per heavy atom. The molecule has 2 aromatic rings. The van der Waals surface area contributed by atoms with Crippen LogP contribution in [0.4, 0.5) is 9.18 Å². The number of halogens is 1. The van der Waals surface area contributed by atoms with Gasteiger partial charge in [0.25, 0.3) is 0 Å². The van der Waals surface area contributed by atoms with E-state index in [-0.39, 0.29) is 36.7 Å². The Morgan fingerprint density at radius 1 is 1.08 bits per heavy atom. The van der Waals surface area contributed by atoms with Gasteiger partial charge in [0.15, 0.2) is 0 Å². The van der Waals surface area contributed by atoms with Crippen LogP contribution < -0.4 is 5.32 Å². The fraction of sp³-hybridized carbons (Fsp3) is 0.360. The summed E-state index contributed by atoms with van der Waals surface area (Å²) < 4.78 is 46.6. The molecule has 0 bridgehead atoms. The molecule has 2 amide bonds. The molecule has 0 aromatic heterocycles. The van der Waals surface area contributed by atoms with Crippen molar-refractivity contribution in [2.24, 2.45) is 0 Å². The smallest absolute Gasteiger partial charge is 0.338 e. The van der Waals surface area contributed by atoms with E-state index < -0.39 is 33.9 Å². The van der Waals surface area contributed by atoms with Crippen LogP contribution in [0, 0.1) is 5.82 Å². The molecule has 0 radical (unpaired) electrons. The highest BCUT2D eigenvalue weighted by Crippen LogP contribution is 2.32. The Hall–Kier alpha value is -3.28. The van der Waals surface area contributed by atoms with Crippen LogP contribution in [0.25, 0.3) is 0 Å². The molecular weight excluding hydrogens is 487 g/mol. The maximum atomic E-state index is 14.0. The lowest BCUT2D eigenvalue weighted by Gasteiger charge is -2.39. The molecular formula is C25H29FN4O5S. The number of benzene rings is 2. The van der Waals surface area contributed by atoms with Crippen LogP contribution in [-0.4, -0.2) is 80.9 Å². The third-order valence-electron chi connectivity index (χ3n) is 6.34. The number of carbonyl (C=O) groups excluding carboxylic acids is 2. The molecule has 1 fully saturated rings. The van der Waals surface area contributed by atoms with Gasteiger partial charge in [-0.1, -0.05) is 30.3 Å². The Kier molecular flexibility index (Phi) is 7.72. The summed E-state index contributed by atoms with van der Waals surface area (Å²) in [6, 6.07) is 12.7. The number of hydrogen-bond donors (Lipinski definition) is 1. The Balaban J connectivity index is 1.60. The average Bonchev–Trinajstić information content (AvgIpc) is 2.87. The van der Waals surface area contributed by atoms with Crippen LogP contribution in [0.15, 0.2) is 70.8 Å². The minimum Gasteiger partial charge on any atom is -0.463 e. The average molecular weight is 517 g/mol. The number of amides is 2. The first-order valence-electron chi connectivity index (χ1n) is 11.7. The second-order valence-corrected chi connectivity index (χ2v) is 10.5. The van der Waals surface area contributed by atoms with Crippen LogP contribution in [0.1, 0.15) is 18.5 Å². The summed E-state index contributed by atoms with van der Waals surface area (Å²) in [4.78, 5) is 29.5. The molecule has 0 spiro atoms. The molecule has 2 aromatic carbocycles. The van der Waals surface area contributed by atoms with Gasteiger partial charge in [-0.3, -0.25) is 9.80 Å². The molecule has 0 saturated carbocycles. The van der Waals surface area contributed by atoms with Gasteiger partial charge in [0, 0.05) is 45.5 Å². The highest BCUT2D eigenvalue weighted by molar-refractivity contribution is 7.89. The minimum absolute atomic E-state index is 0.138. The number of rotatable bonds is 7. The van der Waals surface area contributed by atoms with E-state index in [4.69, 9.17) is 4.74 Å². The number of piperazine rings is 1. The number of hydrogen-bond acceptors (Lipinski definition) is 6. The van der Waals surface area contributed by atoms with Crippen molar-refractivity contribution < 1.29 is 27.1 Å². The molecule has 2 aliphatic heterocycles. The molecule has 2 heterocycles. The zero-order valence-corrected chi connectivity index (χ0v) is 21.0. The van der Waals surface area contributed by atoms with Gasteiger partial charge in [0.05, 0.1) is 23.1 Å². The van der Waals surface area contributed by atoms with E-state index in [1.54, 1.807) is 50.4 Å². The molecule has 11 heteroatoms. The quantitative estimate of drug-likeness (QED) is 0.568. The standard InChI is InChI=1S/C25H29FN4O5S/c1-3-35-24(31)22-21(28(2)25(32)27-23(22)18-8-7-9-19(26)16-18)17-29-12-14-30(15-13-29)36(33,34)20-10-5-4-6-11-20/h4-11,16,23H,3,12-15,17H2,1-2H3,(H,27,32)/t23-/m1/s1. The summed E-state index contributed by atoms with van der Waals surface area (Å²) in [5.41, 5.74) is 1.09. The van der Waals surface area contributed by atoms with Crippen LogP contribution in [0.5, 0.6) is 0 Å². The van der Waals surface area contributed by atoms with Gasteiger partial charge in [-0.15, -0.1) is 0 Å². The molecule has 1 atom stereocenters. The number of nitrogens with zero attached hydrogens (tertiary/aromatic N) is 3. The molecule has 9 nitrogen and oxygen atoms in total. The third-order valence-corrected chi connectivity index (χ3v) is 8.25. The Labute approximate surface area is 210 Å². The molecule has 192 valence electrons. The summed E-state index contributed by atoms with van der Waals surface area (Å²) in [7, 11) is -2.05. The van der Waals surface area contributed by atoms with Gasteiger partial charge in [-0.2, -0.15) is 4.31 Å². The lowest BCUT2D eigenvalue weighted by Crippen LogP contribution is -2.53. The normalized spacial score (nSPS) is 19.8. The minimum atomic E-state index is -3.61. The van der Waals surface area contributed by atoms with E-state index in [0.29, 0.717) is 24.4 Å². The zero-order chi connectivity index (χ0) is 25.9. The van der Waals surface area contributed by atoms with Crippen molar-refractivity contribution in [2.45, 2.75) is 17.9 Å². The lowest BCUT2D eigenvalue weighted by molar-refractivity contribution is -0.139. The van der Waals surface area contributed by atoms with Gasteiger partial charge in [0.2, 0.25) is 10.0 Å². The molecule has 0 aliphatic carbocycles. The second-order valence-electron chi connectivity index (χ2n) is 8.57. The molecule has 4 rings (SSSR count). The molecule has 0 unspecified atom stereocenters. The van der Waals surface area contributed by atoms with E-state index in [1.807, 2.05) is 4.90 Å². The molecule has 1 N–H and O–H groups in total. The van der Waals surface area contributed by atoms with Crippen molar-refractivity contribution >= 4 is 22.0 Å². The van der Waals surface area contributed by atoms with Crippen molar-refractivity contribution in [3.05, 3.63) is 77.2 Å². The third kappa shape index (κ3) is 5.28. The predicted octanol–water partition coefficient (Wildman–Crippen LogP) is 2.35. The number of sulfonamides is 1. The van der Waals surface area contributed by atoms with Crippen LogP contribution in [0.2, 0.25) is 0 Å². The van der Waals surface area contributed by atoms with Crippen molar-refractivity contribution in [3.8, 4) is 0 Å². The van der Waals surface area contributed by atoms with Gasteiger partial charge >= 0.3 is 12.0 Å². The van der Waals surface area contributed by atoms with Gasteiger partial charge in [-0.05, 0) is 36.8 Å². The maximum Gasteiger partial charge on any atom is 0.338 e. The van der Waals surface area contributed by atoms with E-state index in [2.05, 4.69) is 5.32 Å². The van der Waals surface area contributed by atoms with Crippen LogP contribution in [0.3, 0.4) is 0 Å². The number of likely N-dealkylation sites (N-methyl/N-ethyl adjacent to an activating group) is 1. The Bertz CT molecular complexity index is 1260. The van der Waals surface area contributed by atoms with Gasteiger partial charge in [-0.25, -0.2) is 22.4 Å². The zero-order valence-electron chi connectivity index (χ0n) is 20.2. The summed E-state index contributed by atoms with van der Waals surface area (Å²) in [6.07, 6.45) is 0. The molecule has 1 saturated heterocycles. The fourth-order valence-corrected chi connectivity index (χ4v) is 5.86. The first kappa shape index (κ1) is 25.8. The summed E-state index contributed by atoms with van der Waals surface area (Å²) in [5.74, 6) is -1.08. The monoisotopic (exact) mass is 516 g/mol.